The second kappa shape index (κ2) is 7.11. The highest BCUT2D eigenvalue weighted by atomic mass is 35.5. The highest BCUT2D eigenvalue weighted by Gasteiger charge is 2.07. The van der Waals surface area contributed by atoms with Gasteiger partial charge in [0.2, 0.25) is 0 Å². The van der Waals surface area contributed by atoms with E-state index in [-0.39, 0.29) is 0 Å². The molecular formula is C22H21ClO. The summed E-state index contributed by atoms with van der Waals surface area (Å²) in [6.45, 7) is 6.23. The average molecular weight is 337 g/mol. The van der Waals surface area contributed by atoms with Gasteiger partial charge in [0.15, 0.2) is 0 Å². The van der Waals surface area contributed by atoms with Crippen molar-refractivity contribution < 1.29 is 4.74 Å². The van der Waals surface area contributed by atoms with E-state index in [2.05, 4.69) is 51.1 Å². The summed E-state index contributed by atoms with van der Waals surface area (Å²) in [7, 11) is 0. The summed E-state index contributed by atoms with van der Waals surface area (Å²) >= 11 is 6.36. The molecule has 0 saturated heterocycles. The smallest absolute Gasteiger partial charge is 0.127 e. The first kappa shape index (κ1) is 16.6. The molecule has 24 heavy (non-hydrogen) atoms. The van der Waals surface area contributed by atoms with Crippen LogP contribution in [0.4, 0.5) is 0 Å². The molecule has 0 aromatic heterocycles. The van der Waals surface area contributed by atoms with Crippen molar-refractivity contribution in [2.45, 2.75) is 27.2 Å². The molecular weight excluding hydrogens is 316 g/mol. The Morgan fingerprint density at radius 3 is 2.17 bits per heavy atom. The van der Waals surface area contributed by atoms with Crippen LogP contribution in [0.25, 0.3) is 0 Å². The molecule has 3 aromatic rings. The third kappa shape index (κ3) is 3.98. The first-order chi connectivity index (χ1) is 11.5. The highest BCUT2D eigenvalue weighted by molar-refractivity contribution is 6.31. The Kier molecular flexibility index (Phi) is 4.92. The lowest BCUT2D eigenvalue weighted by atomic mass is 9.99. The van der Waals surface area contributed by atoms with Crippen LogP contribution >= 0.6 is 11.6 Å². The number of hydrogen-bond acceptors (Lipinski definition) is 1. The second-order valence-corrected chi connectivity index (χ2v) is 6.69. The molecule has 0 N–H and O–H groups in total. The normalized spacial score (nSPS) is 10.7. The maximum Gasteiger partial charge on any atom is 0.127 e. The molecule has 3 rings (SSSR count). The average Bonchev–Trinajstić information content (AvgIpc) is 2.52. The molecule has 2 heteroatoms. The summed E-state index contributed by atoms with van der Waals surface area (Å²) in [5, 5.41) is 0.828. The Morgan fingerprint density at radius 2 is 1.46 bits per heavy atom. The van der Waals surface area contributed by atoms with Gasteiger partial charge in [-0.1, -0.05) is 41.9 Å². The molecule has 0 aliphatic carbocycles. The van der Waals surface area contributed by atoms with Gasteiger partial charge in [0.1, 0.15) is 11.5 Å². The highest BCUT2D eigenvalue weighted by Crippen LogP contribution is 2.27. The van der Waals surface area contributed by atoms with Crippen LogP contribution in [0.1, 0.15) is 27.8 Å². The van der Waals surface area contributed by atoms with Crippen LogP contribution in [-0.2, 0) is 6.42 Å². The van der Waals surface area contributed by atoms with Crippen molar-refractivity contribution in [3.05, 3.63) is 93.5 Å². The van der Waals surface area contributed by atoms with E-state index in [4.69, 9.17) is 16.3 Å². The third-order valence-corrected chi connectivity index (χ3v) is 4.48. The van der Waals surface area contributed by atoms with Crippen LogP contribution in [0.3, 0.4) is 0 Å². The number of benzene rings is 3. The molecule has 0 radical (unpaired) electrons. The molecule has 0 aliphatic heterocycles. The minimum absolute atomic E-state index is 0.828. The van der Waals surface area contributed by atoms with Gasteiger partial charge in [-0.15, -0.1) is 0 Å². The molecule has 0 bridgehead atoms. The van der Waals surface area contributed by atoms with Crippen molar-refractivity contribution in [1.82, 2.24) is 0 Å². The number of ether oxygens (including phenoxy) is 1. The van der Waals surface area contributed by atoms with Gasteiger partial charge in [-0.25, -0.2) is 0 Å². The fraction of sp³-hybridized carbons (Fsp3) is 0.182. The first-order valence-electron chi connectivity index (χ1n) is 8.10. The molecule has 0 aliphatic rings. The fourth-order valence-corrected chi connectivity index (χ4v) is 3.05. The molecule has 122 valence electrons. The van der Waals surface area contributed by atoms with E-state index >= 15 is 0 Å². The molecule has 0 fully saturated rings. The fourth-order valence-electron chi connectivity index (χ4n) is 2.75. The van der Waals surface area contributed by atoms with Crippen molar-refractivity contribution in [1.29, 1.82) is 0 Å². The summed E-state index contributed by atoms with van der Waals surface area (Å²) < 4.78 is 5.96. The maximum absolute atomic E-state index is 6.36. The minimum atomic E-state index is 0.828. The van der Waals surface area contributed by atoms with Gasteiger partial charge in [0, 0.05) is 5.02 Å². The zero-order chi connectivity index (χ0) is 17.1. The Bertz CT molecular complexity index is 868. The molecule has 0 atom stereocenters. The minimum Gasteiger partial charge on any atom is -0.457 e. The van der Waals surface area contributed by atoms with Crippen LogP contribution in [0, 0.1) is 20.8 Å². The standard InChI is InChI=1S/C22H21ClO/c1-15-5-4-6-20(11-15)24-21-10-9-18(17(3)13-21)14-19-8-7-16(2)12-22(19)23/h4-13H,14H2,1-3H3. The van der Waals surface area contributed by atoms with Gasteiger partial charge in [0.05, 0.1) is 0 Å². The van der Waals surface area contributed by atoms with E-state index < -0.39 is 0 Å². The van der Waals surface area contributed by atoms with Crippen LogP contribution < -0.4 is 4.74 Å². The number of rotatable bonds is 4. The summed E-state index contributed by atoms with van der Waals surface area (Å²) in [5.74, 6) is 1.72. The zero-order valence-electron chi connectivity index (χ0n) is 14.3. The van der Waals surface area contributed by atoms with E-state index in [1.54, 1.807) is 0 Å². The zero-order valence-corrected chi connectivity index (χ0v) is 15.0. The molecule has 0 spiro atoms. The summed E-state index contributed by atoms with van der Waals surface area (Å²) in [4.78, 5) is 0. The van der Waals surface area contributed by atoms with E-state index in [9.17, 15) is 0 Å². The quantitative estimate of drug-likeness (QED) is 0.518. The molecule has 0 amide bonds. The van der Waals surface area contributed by atoms with Crippen molar-refractivity contribution in [3.8, 4) is 11.5 Å². The number of hydrogen-bond donors (Lipinski definition) is 0. The third-order valence-electron chi connectivity index (χ3n) is 4.13. The van der Waals surface area contributed by atoms with Crippen LogP contribution in [0.5, 0.6) is 11.5 Å². The predicted molar refractivity (Wildman–Crippen MR) is 101 cm³/mol. The first-order valence-corrected chi connectivity index (χ1v) is 8.48. The largest absolute Gasteiger partial charge is 0.457 e. The van der Waals surface area contributed by atoms with Crippen LogP contribution in [0.2, 0.25) is 5.02 Å². The lowest BCUT2D eigenvalue weighted by molar-refractivity contribution is 0.481. The van der Waals surface area contributed by atoms with E-state index in [0.717, 1.165) is 28.5 Å². The topological polar surface area (TPSA) is 9.23 Å². The van der Waals surface area contributed by atoms with Gasteiger partial charge < -0.3 is 4.74 Å². The molecule has 0 unspecified atom stereocenters. The Balaban J connectivity index is 1.79. The van der Waals surface area contributed by atoms with Gasteiger partial charge in [0.25, 0.3) is 0 Å². The van der Waals surface area contributed by atoms with Crippen LogP contribution in [-0.4, -0.2) is 0 Å². The van der Waals surface area contributed by atoms with Crippen molar-refractivity contribution >= 4 is 11.6 Å². The van der Waals surface area contributed by atoms with Crippen molar-refractivity contribution in [2.75, 3.05) is 0 Å². The van der Waals surface area contributed by atoms with Gasteiger partial charge in [-0.3, -0.25) is 0 Å². The Hall–Kier alpha value is -2.25. The van der Waals surface area contributed by atoms with Crippen molar-refractivity contribution in [3.63, 3.8) is 0 Å². The van der Waals surface area contributed by atoms with Gasteiger partial charge in [-0.2, -0.15) is 0 Å². The van der Waals surface area contributed by atoms with Crippen LogP contribution in [0.15, 0.2) is 60.7 Å². The molecule has 0 heterocycles. The molecule has 3 aromatic carbocycles. The lowest BCUT2D eigenvalue weighted by Gasteiger charge is -2.11. The maximum atomic E-state index is 6.36. The van der Waals surface area contributed by atoms with E-state index in [1.807, 2.05) is 30.3 Å². The summed E-state index contributed by atoms with van der Waals surface area (Å²) in [6.07, 6.45) is 0.829. The second-order valence-electron chi connectivity index (χ2n) is 6.28. The molecule has 1 nitrogen and oxygen atoms in total. The number of halogens is 1. The van der Waals surface area contributed by atoms with Crippen molar-refractivity contribution in [2.24, 2.45) is 0 Å². The predicted octanol–water partition coefficient (Wildman–Crippen LogP) is 6.65. The Morgan fingerprint density at radius 1 is 0.750 bits per heavy atom. The summed E-state index contributed by atoms with van der Waals surface area (Å²) in [5.41, 5.74) is 5.99. The lowest BCUT2D eigenvalue weighted by Crippen LogP contribution is -1.94. The van der Waals surface area contributed by atoms with Gasteiger partial charge in [-0.05, 0) is 85.3 Å². The van der Waals surface area contributed by atoms with E-state index in [1.165, 1.54) is 22.3 Å². The van der Waals surface area contributed by atoms with E-state index in [0.29, 0.717) is 0 Å². The monoisotopic (exact) mass is 336 g/mol. The SMILES string of the molecule is Cc1cccc(Oc2ccc(Cc3ccc(C)cc3Cl)c(C)c2)c1. The number of aryl methyl sites for hydroxylation is 3. The van der Waals surface area contributed by atoms with Gasteiger partial charge >= 0.3 is 0 Å². The summed E-state index contributed by atoms with van der Waals surface area (Å²) in [6, 6.07) is 20.5. The Labute approximate surface area is 148 Å². The molecule has 0 saturated carbocycles.